The zero-order valence-corrected chi connectivity index (χ0v) is 17.9. The molecule has 1 N–H and O–H groups in total. The van der Waals surface area contributed by atoms with Crippen LogP contribution in [0.5, 0.6) is 11.5 Å². The highest BCUT2D eigenvalue weighted by atomic mass is 16.6. The molecule has 0 atom stereocenters. The molecule has 0 bridgehead atoms. The maximum absolute atomic E-state index is 12.3. The van der Waals surface area contributed by atoms with Gasteiger partial charge >= 0.3 is 17.9 Å². The molecule has 0 aliphatic carbocycles. The van der Waals surface area contributed by atoms with Crippen molar-refractivity contribution in [2.24, 2.45) is 0 Å². The van der Waals surface area contributed by atoms with Crippen LogP contribution in [0.2, 0.25) is 0 Å². The van der Waals surface area contributed by atoms with Crippen molar-refractivity contribution in [1.82, 2.24) is 15.1 Å². The number of amides is 3. The second-order valence-electron chi connectivity index (χ2n) is 6.63. The molecule has 1 aromatic carbocycles. The predicted octanol–water partition coefficient (Wildman–Crippen LogP) is 1.44. The smallest absolute Gasteiger partial charge is 0.409 e. The second kappa shape index (κ2) is 11.9. The van der Waals surface area contributed by atoms with Gasteiger partial charge in [-0.2, -0.15) is 0 Å². The van der Waals surface area contributed by atoms with E-state index in [1.54, 1.807) is 6.92 Å². The van der Waals surface area contributed by atoms with Crippen molar-refractivity contribution < 1.29 is 28.6 Å². The van der Waals surface area contributed by atoms with Crippen LogP contribution in [-0.2, 0) is 20.7 Å². The van der Waals surface area contributed by atoms with Crippen molar-refractivity contribution in [3.63, 3.8) is 0 Å². The Hall–Kier alpha value is -2.97. The summed E-state index contributed by atoms with van der Waals surface area (Å²) < 4.78 is 16.1. The van der Waals surface area contributed by atoms with Gasteiger partial charge in [0, 0.05) is 32.7 Å². The summed E-state index contributed by atoms with van der Waals surface area (Å²) in [7, 11) is 0. The molecule has 1 saturated heterocycles. The Morgan fingerprint density at radius 2 is 1.53 bits per heavy atom. The van der Waals surface area contributed by atoms with Gasteiger partial charge in [-0.25, -0.2) is 4.79 Å². The van der Waals surface area contributed by atoms with E-state index in [4.69, 9.17) is 14.2 Å². The zero-order valence-electron chi connectivity index (χ0n) is 17.9. The number of piperazine rings is 1. The summed E-state index contributed by atoms with van der Waals surface area (Å²) >= 11 is 0. The molecule has 1 heterocycles. The van der Waals surface area contributed by atoms with E-state index in [0.717, 1.165) is 5.56 Å². The van der Waals surface area contributed by atoms with Gasteiger partial charge in [-0.1, -0.05) is 6.07 Å². The molecular formula is C21H31N3O6. The summed E-state index contributed by atoms with van der Waals surface area (Å²) in [5.41, 5.74) is 0.970. The van der Waals surface area contributed by atoms with Gasteiger partial charge < -0.3 is 29.3 Å². The fraction of sp³-hybridized carbons (Fsp3) is 0.571. The van der Waals surface area contributed by atoms with Crippen molar-refractivity contribution >= 4 is 17.9 Å². The highest BCUT2D eigenvalue weighted by molar-refractivity contribution is 6.35. The summed E-state index contributed by atoms with van der Waals surface area (Å²) in [5, 5.41) is 2.67. The van der Waals surface area contributed by atoms with Gasteiger partial charge in [-0.05, 0) is 44.9 Å². The first kappa shape index (κ1) is 23.3. The molecule has 0 saturated carbocycles. The monoisotopic (exact) mass is 421 g/mol. The van der Waals surface area contributed by atoms with Crippen molar-refractivity contribution in [3.05, 3.63) is 23.8 Å². The molecule has 0 radical (unpaired) electrons. The van der Waals surface area contributed by atoms with E-state index in [0.29, 0.717) is 70.5 Å². The zero-order chi connectivity index (χ0) is 21.9. The largest absolute Gasteiger partial charge is 0.490 e. The lowest BCUT2D eigenvalue weighted by Gasteiger charge is -2.33. The molecule has 1 aliphatic rings. The number of hydrogen-bond acceptors (Lipinski definition) is 6. The van der Waals surface area contributed by atoms with E-state index in [-0.39, 0.29) is 0 Å². The van der Waals surface area contributed by atoms with Gasteiger partial charge in [0.25, 0.3) is 0 Å². The normalized spacial score (nSPS) is 13.6. The molecule has 0 spiro atoms. The minimum atomic E-state index is -0.643. The van der Waals surface area contributed by atoms with E-state index in [1.807, 2.05) is 32.0 Å². The Bertz CT molecular complexity index is 731. The number of nitrogens with one attached hydrogen (secondary N) is 1. The van der Waals surface area contributed by atoms with Gasteiger partial charge in [0.2, 0.25) is 0 Å². The Morgan fingerprint density at radius 3 is 2.17 bits per heavy atom. The minimum Gasteiger partial charge on any atom is -0.490 e. The molecule has 1 aromatic rings. The van der Waals surface area contributed by atoms with Gasteiger partial charge in [0.1, 0.15) is 0 Å². The fourth-order valence-corrected chi connectivity index (χ4v) is 3.10. The molecule has 0 unspecified atom stereocenters. The van der Waals surface area contributed by atoms with E-state index in [2.05, 4.69) is 5.32 Å². The summed E-state index contributed by atoms with van der Waals surface area (Å²) in [6.45, 7) is 8.58. The van der Waals surface area contributed by atoms with E-state index < -0.39 is 17.9 Å². The first-order valence-electron chi connectivity index (χ1n) is 10.4. The summed E-state index contributed by atoms with van der Waals surface area (Å²) in [5.74, 6) is 0.124. The summed E-state index contributed by atoms with van der Waals surface area (Å²) in [6, 6.07) is 5.65. The van der Waals surface area contributed by atoms with Crippen LogP contribution >= 0.6 is 0 Å². The third-order valence-electron chi connectivity index (χ3n) is 4.59. The number of nitrogens with zero attached hydrogens (tertiary/aromatic N) is 2. The Morgan fingerprint density at radius 1 is 0.900 bits per heavy atom. The number of benzene rings is 1. The van der Waals surface area contributed by atoms with Crippen molar-refractivity contribution in [1.29, 1.82) is 0 Å². The number of hydrogen-bond donors (Lipinski definition) is 1. The Labute approximate surface area is 177 Å². The Kier molecular flexibility index (Phi) is 9.24. The molecule has 3 amide bonds. The van der Waals surface area contributed by atoms with Gasteiger partial charge in [0.15, 0.2) is 11.5 Å². The van der Waals surface area contributed by atoms with E-state index in [9.17, 15) is 14.4 Å². The molecule has 2 rings (SSSR count). The second-order valence-corrected chi connectivity index (χ2v) is 6.63. The minimum absolute atomic E-state index is 0.306. The van der Waals surface area contributed by atoms with Crippen LogP contribution in [0.4, 0.5) is 4.79 Å². The van der Waals surface area contributed by atoms with Crippen LogP contribution in [0, 0.1) is 0 Å². The van der Waals surface area contributed by atoms with Crippen LogP contribution in [0.1, 0.15) is 26.3 Å². The fourth-order valence-electron chi connectivity index (χ4n) is 3.10. The SMILES string of the molecule is CCOC(=O)N1CCN(C(=O)C(=O)NCCc2ccc(OCC)c(OCC)c2)CC1. The number of rotatable bonds is 8. The van der Waals surface area contributed by atoms with Gasteiger partial charge in [-0.15, -0.1) is 0 Å². The Balaban J connectivity index is 1.80. The average molecular weight is 421 g/mol. The topological polar surface area (TPSA) is 97.4 Å². The summed E-state index contributed by atoms with van der Waals surface area (Å²) in [6.07, 6.45) is 0.165. The lowest BCUT2D eigenvalue weighted by Crippen LogP contribution is -2.54. The van der Waals surface area contributed by atoms with Crippen molar-refractivity contribution in [2.45, 2.75) is 27.2 Å². The number of carbonyl (C=O) groups is 3. The van der Waals surface area contributed by atoms with Crippen molar-refractivity contribution in [2.75, 3.05) is 52.5 Å². The number of ether oxygens (including phenoxy) is 3. The molecular weight excluding hydrogens is 390 g/mol. The quantitative estimate of drug-likeness (QED) is 0.638. The number of carbonyl (C=O) groups excluding carboxylic acids is 3. The summed E-state index contributed by atoms with van der Waals surface area (Å²) in [4.78, 5) is 39.2. The van der Waals surface area contributed by atoms with Crippen LogP contribution in [-0.4, -0.2) is 80.3 Å². The maximum atomic E-state index is 12.3. The molecule has 9 nitrogen and oxygen atoms in total. The van der Waals surface area contributed by atoms with Crippen LogP contribution in [0.3, 0.4) is 0 Å². The van der Waals surface area contributed by atoms with Gasteiger partial charge in [0.05, 0.1) is 19.8 Å². The molecule has 9 heteroatoms. The van der Waals surface area contributed by atoms with Gasteiger partial charge in [-0.3, -0.25) is 9.59 Å². The van der Waals surface area contributed by atoms with E-state index >= 15 is 0 Å². The van der Waals surface area contributed by atoms with Crippen LogP contribution in [0.15, 0.2) is 18.2 Å². The third-order valence-corrected chi connectivity index (χ3v) is 4.59. The third kappa shape index (κ3) is 6.53. The predicted molar refractivity (Wildman–Crippen MR) is 111 cm³/mol. The first-order chi connectivity index (χ1) is 14.5. The lowest BCUT2D eigenvalue weighted by molar-refractivity contribution is -0.146. The van der Waals surface area contributed by atoms with Crippen LogP contribution < -0.4 is 14.8 Å². The van der Waals surface area contributed by atoms with Crippen LogP contribution in [0.25, 0.3) is 0 Å². The average Bonchev–Trinajstić information content (AvgIpc) is 2.75. The molecule has 166 valence electrons. The molecule has 1 fully saturated rings. The van der Waals surface area contributed by atoms with Crippen molar-refractivity contribution in [3.8, 4) is 11.5 Å². The maximum Gasteiger partial charge on any atom is 0.409 e. The van der Waals surface area contributed by atoms with E-state index in [1.165, 1.54) is 9.80 Å². The molecule has 30 heavy (non-hydrogen) atoms. The highest BCUT2D eigenvalue weighted by Gasteiger charge is 2.28. The molecule has 1 aliphatic heterocycles. The highest BCUT2D eigenvalue weighted by Crippen LogP contribution is 2.28. The first-order valence-corrected chi connectivity index (χ1v) is 10.4. The standard InChI is InChI=1S/C21H31N3O6/c1-4-28-17-8-7-16(15-18(17)29-5-2)9-10-22-19(25)20(26)23-11-13-24(14-12-23)21(27)30-6-3/h7-8,15H,4-6,9-14H2,1-3H3,(H,22,25). The molecule has 0 aromatic heterocycles. The lowest BCUT2D eigenvalue weighted by atomic mass is 10.1.